The minimum atomic E-state index is 0.502. The van der Waals surface area contributed by atoms with Gasteiger partial charge in [0.1, 0.15) is 0 Å². The Balaban J connectivity index is 2.15. The molecule has 0 N–H and O–H groups in total. The molecule has 1 rings (SSSR count). The third-order valence-electron chi connectivity index (χ3n) is 2.24. The van der Waals surface area contributed by atoms with Gasteiger partial charge in [-0.1, -0.05) is 26.2 Å². The lowest BCUT2D eigenvalue weighted by Gasteiger charge is -2.12. The van der Waals surface area contributed by atoms with Crippen LogP contribution in [-0.2, 0) is 0 Å². The van der Waals surface area contributed by atoms with Gasteiger partial charge in [0, 0.05) is 0 Å². The number of hydrogen-bond acceptors (Lipinski definition) is 0. The normalized spacial score (nSPS) is 22.5. The predicted molar refractivity (Wildman–Crippen MR) is 50.3 cm³/mol. The molecule has 1 fully saturated rings. The van der Waals surface area contributed by atoms with Crippen molar-refractivity contribution >= 4 is 7.92 Å². The number of hydrogen-bond donors (Lipinski definition) is 0. The van der Waals surface area contributed by atoms with Gasteiger partial charge < -0.3 is 0 Å². The van der Waals surface area contributed by atoms with Crippen molar-refractivity contribution in [1.82, 2.24) is 0 Å². The maximum absolute atomic E-state index is 2.33. The third kappa shape index (κ3) is 3.01. The van der Waals surface area contributed by atoms with E-state index in [1.807, 2.05) is 0 Å². The Hall–Kier alpha value is 0.430. The van der Waals surface area contributed by atoms with E-state index in [0.717, 1.165) is 0 Å². The maximum atomic E-state index is 2.33. The summed E-state index contributed by atoms with van der Waals surface area (Å²) >= 11 is 0. The summed E-state index contributed by atoms with van der Waals surface area (Å²) in [6.45, 7) is 2.33. The van der Waals surface area contributed by atoms with Crippen LogP contribution in [0.15, 0.2) is 0 Å². The van der Waals surface area contributed by atoms with E-state index in [1.54, 1.807) is 18.5 Å². The van der Waals surface area contributed by atoms with Crippen molar-refractivity contribution in [3.63, 3.8) is 0 Å². The van der Waals surface area contributed by atoms with Crippen LogP contribution in [0, 0.1) is 0 Å². The molecule has 0 aromatic carbocycles. The van der Waals surface area contributed by atoms with Crippen LogP contribution in [0.3, 0.4) is 0 Å². The summed E-state index contributed by atoms with van der Waals surface area (Å²) < 4.78 is 0. The fraction of sp³-hybridized carbons (Fsp3) is 1.00. The van der Waals surface area contributed by atoms with Crippen molar-refractivity contribution < 1.29 is 0 Å². The first-order chi connectivity index (χ1) is 4.93. The van der Waals surface area contributed by atoms with Crippen LogP contribution < -0.4 is 0 Å². The predicted octanol–water partition coefficient (Wildman–Crippen LogP) is 3.45. The van der Waals surface area contributed by atoms with Gasteiger partial charge in [-0.05, 0) is 31.3 Å². The van der Waals surface area contributed by atoms with Gasteiger partial charge in [0.2, 0.25) is 0 Å². The van der Waals surface area contributed by atoms with Crippen molar-refractivity contribution in [3.05, 3.63) is 0 Å². The van der Waals surface area contributed by atoms with Gasteiger partial charge in [-0.25, -0.2) is 0 Å². The first kappa shape index (κ1) is 8.53. The molecule has 0 aliphatic carbocycles. The largest absolute Gasteiger partial charge is 0.107 e. The molecule has 1 saturated heterocycles. The second-order valence-corrected chi connectivity index (χ2v) is 5.94. The second kappa shape index (κ2) is 5.13. The Morgan fingerprint density at radius 1 is 1.00 bits per heavy atom. The molecule has 1 heteroatoms. The molecule has 10 heavy (non-hydrogen) atoms. The molecule has 0 spiro atoms. The molecule has 0 radical (unpaired) electrons. The summed E-state index contributed by atoms with van der Waals surface area (Å²) in [5.41, 5.74) is 0. The van der Waals surface area contributed by atoms with Gasteiger partial charge in [0.25, 0.3) is 0 Å². The highest BCUT2D eigenvalue weighted by Gasteiger charge is 2.09. The summed E-state index contributed by atoms with van der Waals surface area (Å²) in [5.74, 6) is 0. The molecule has 0 saturated carbocycles. The van der Waals surface area contributed by atoms with E-state index in [2.05, 4.69) is 6.92 Å². The van der Waals surface area contributed by atoms with Gasteiger partial charge in [-0.2, -0.15) is 0 Å². The van der Waals surface area contributed by atoms with Gasteiger partial charge in [-0.15, -0.1) is 7.92 Å². The SMILES string of the molecule is CCCP1CCCCCC1. The first-order valence-corrected chi connectivity index (χ1v) is 6.55. The molecule has 0 amide bonds. The van der Waals surface area contributed by atoms with Crippen molar-refractivity contribution in [2.24, 2.45) is 0 Å². The van der Waals surface area contributed by atoms with E-state index in [1.165, 1.54) is 32.1 Å². The topological polar surface area (TPSA) is 0 Å². The zero-order valence-electron chi connectivity index (χ0n) is 7.10. The Labute approximate surface area is 66.2 Å². The van der Waals surface area contributed by atoms with Crippen LogP contribution in [0.25, 0.3) is 0 Å². The average molecular weight is 158 g/mol. The van der Waals surface area contributed by atoms with E-state index in [-0.39, 0.29) is 0 Å². The Bertz CT molecular complexity index is 72.8. The molecule has 0 aromatic rings. The Morgan fingerprint density at radius 3 is 2.10 bits per heavy atom. The lowest BCUT2D eigenvalue weighted by molar-refractivity contribution is 0.726. The van der Waals surface area contributed by atoms with Gasteiger partial charge in [0.05, 0.1) is 0 Å². The minimum absolute atomic E-state index is 0.502. The van der Waals surface area contributed by atoms with Gasteiger partial charge in [-0.3, -0.25) is 0 Å². The quantitative estimate of drug-likeness (QED) is 0.540. The molecule has 1 aliphatic heterocycles. The smallest absolute Gasteiger partial charge is 0.0326 e. The zero-order chi connectivity index (χ0) is 7.23. The van der Waals surface area contributed by atoms with Crippen LogP contribution in [0.2, 0.25) is 0 Å². The van der Waals surface area contributed by atoms with Crippen molar-refractivity contribution in [1.29, 1.82) is 0 Å². The summed E-state index contributed by atoms with van der Waals surface area (Å²) in [7, 11) is 0.502. The zero-order valence-corrected chi connectivity index (χ0v) is 8.00. The molecule has 0 nitrogen and oxygen atoms in total. The summed E-state index contributed by atoms with van der Waals surface area (Å²) in [6, 6.07) is 0. The summed E-state index contributed by atoms with van der Waals surface area (Å²) in [5, 5.41) is 0. The average Bonchev–Trinajstić information content (AvgIpc) is 2.17. The van der Waals surface area contributed by atoms with Gasteiger partial charge in [0.15, 0.2) is 0 Å². The third-order valence-corrected chi connectivity index (χ3v) is 5.22. The standard InChI is InChI=1S/C9H19P/c1-2-7-10-8-5-3-4-6-9-10/h2-9H2,1H3. The highest BCUT2D eigenvalue weighted by molar-refractivity contribution is 7.57. The summed E-state index contributed by atoms with van der Waals surface area (Å²) in [4.78, 5) is 0. The first-order valence-electron chi connectivity index (χ1n) is 4.66. The molecule has 0 aromatic heterocycles. The van der Waals surface area contributed by atoms with Crippen molar-refractivity contribution in [3.8, 4) is 0 Å². The highest BCUT2D eigenvalue weighted by Crippen LogP contribution is 2.40. The molecular weight excluding hydrogens is 139 g/mol. The van der Waals surface area contributed by atoms with Crippen LogP contribution in [-0.4, -0.2) is 18.5 Å². The monoisotopic (exact) mass is 158 g/mol. The van der Waals surface area contributed by atoms with E-state index in [0.29, 0.717) is 7.92 Å². The van der Waals surface area contributed by atoms with Crippen LogP contribution in [0.5, 0.6) is 0 Å². The van der Waals surface area contributed by atoms with Crippen molar-refractivity contribution in [2.45, 2.75) is 39.0 Å². The van der Waals surface area contributed by atoms with Crippen LogP contribution >= 0.6 is 7.92 Å². The maximum Gasteiger partial charge on any atom is -0.0326 e. The minimum Gasteiger partial charge on any atom is -0.107 e. The Morgan fingerprint density at radius 2 is 1.60 bits per heavy atom. The molecular formula is C9H19P. The van der Waals surface area contributed by atoms with Crippen LogP contribution in [0.1, 0.15) is 39.0 Å². The lowest BCUT2D eigenvalue weighted by atomic mass is 10.2. The van der Waals surface area contributed by atoms with E-state index < -0.39 is 0 Å². The lowest BCUT2D eigenvalue weighted by Crippen LogP contribution is -1.90. The van der Waals surface area contributed by atoms with E-state index in [4.69, 9.17) is 0 Å². The molecule has 1 heterocycles. The summed E-state index contributed by atoms with van der Waals surface area (Å²) in [6.07, 6.45) is 12.2. The molecule has 0 atom stereocenters. The number of rotatable bonds is 2. The molecule has 60 valence electrons. The van der Waals surface area contributed by atoms with E-state index >= 15 is 0 Å². The molecule has 0 bridgehead atoms. The molecule has 1 aliphatic rings. The van der Waals surface area contributed by atoms with Gasteiger partial charge >= 0.3 is 0 Å². The second-order valence-electron chi connectivity index (χ2n) is 3.26. The van der Waals surface area contributed by atoms with Crippen LogP contribution in [0.4, 0.5) is 0 Å². The molecule has 0 unspecified atom stereocenters. The Kier molecular flexibility index (Phi) is 4.37. The van der Waals surface area contributed by atoms with Crippen molar-refractivity contribution in [2.75, 3.05) is 18.5 Å². The fourth-order valence-electron chi connectivity index (χ4n) is 1.68. The van der Waals surface area contributed by atoms with E-state index in [9.17, 15) is 0 Å². The fourth-order valence-corrected chi connectivity index (χ4v) is 4.32. The highest BCUT2D eigenvalue weighted by atomic mass is 31.1.